The van der Waals surface area contributed by atoms with Gasteiger partial charge in [0.1, 0.15) is 13.2 Å². The zero-order chi connectivity index (χ0) is 36.6. The van der Waals surface area contributed by atoms with Gasteiger partial charge in [-0.1, -0.05) is 48.5 Å². The molecule has 0 saturated heterocycles. The van der Waals surface area contributed by atoms with Gasteiger partial charge in [0.15, 0.2) is 0 Å². The molecule has 2 aromatic rings. The molecule has 2 N–H and O–H groups in total. The molecule has 0 aromatic heterocycles. The number of alkyl carbamates (subject to hydrolysis) is 2. The number of amides is 2. The van der Waals surface area contributed by atoms with Gasteiger partial charge in [-0.2, -0.15) is 0 Å². The Morgan fingerprint density at radius 3 is 1.29 bits per heavy atom. The molecule has 12 heteroatoms. The second-order valence-electron chi connectivity index (χ2n) is 13.6. The van der Waals surface area contributed by atoms with Crippen molar-refractivity contribution in [3.8, 4) is 0 Å². The Bertz CT molecular complexity index is 1300. The second-order valence-corrected chi connectivity index (χ2v) is 13.6. The minimum Gasteiger partial charge on any atom is -0.447 e. The monoisotopic (exact) mass is 684 g/mol. The molecule has 2 aromatic carbocycles. The summed E-state index contributed by atoms with van der Waals surface area (Å²) in [6, 6.07) is 18.8. The quantitative estimate of drug-likeness (QED) is 0.123. The van der Waals surface area contributed by atoms with Crippen molar-refractivity contribution < 1.29 is 38.0 Å². The van der Waals surface area contributed by atoms with E-state index in [1.807, 2.05) is 104 Å². The van der Waals surface area contributed by atoms with Gasteiger partial charge >= 0.3 is 12.2 Å². The van der Waals surface area contributed by atoms with E-state index in [9.17, 15) is 9.59 Å². The molecule has 2 rings (SSSR count). The number of aliphatic imine (C=N–C) groups is 2. The van der Waals surface area contributed by atoms with E-state index in [2.05, 4.69) is 16.6 Å². The van der Waals surface area contributed by atoms with Crippen LogP contribution in [0, 0.1) is 0 Å². The number of hydrogen-bond acceptors (Lipinski definition) is 10. The van der Waals surface area contributed by atoms with E-state index < -0.39 is 34.3 Å². The molecular weight excluding hydrogens is 628 g/mol. The Morgan fingerprint density at radius 2 is 0.918 bits per heavy atom. The van der Waals surface area contributed by atoms with Gasteiger partial charge in [0, 0.05) is 14.2 Å². The lowest BCUT2D eigenvalue weighted by Gasteiger charge is -2.29. The Hall–Kier alpha value is -3.80. The first-order valence-corrected chi connectivity index (χ1v) is 16.5. The van der Waals surface area contributed by atoms with Crippen LogP contribution in [0.25, 0.3) is 0 Å². The van der Waals surface area contributed by atoms with E-state index in [-0.39, 0.29) is 13.2 Å². The lowest BCUT2D eigenvalue weighted by atomic mass is 9.87. The highest BCUT2D eigenvalue weighted by molar-refractivity contribution is 5.69. The first-order chi connectivity index (χ1) is 23.0. The average molecular weight is 685 g/mol. The molecule has 0 fully saturated rings. The molecule has 2 amide bonds. The molecule has 0 bridgehead atoms. The molecule has 49 heavy (non-hydrogen) atoms. The molecular formula is C37H56N4O8. The molecule has 0 saturated carbocycles. The third-order valence-electron chi connectivity index (χ3n) is 7.85. The van der Waals surface area contributed by atoms with Crippen LogP contribution in [0.1, 0.15) is 77.6 Å². The second kappa shape index (κ2) is 19.4. The van der Waals surface area contributed by atoms with Crippen molar-refractivity contribution in [1.29, 1.82) is 0 Å². The van der Waals surface area contributed by atoms with Gasteiger partial charge in [-0.25, -0.2) is 19.6 Å². The zero-order valence-corrected chi connectivity index (χ0v) is 30.9. The van der Waals surface area contributed by atoms with Crippen LogP contribution in [0.2, 0.25) is 0 Å². The van der Waals surface area contributed by atoms with Crippen LogP contribution >= 0.6 is 0 Å². The van der Waals surface area contributed by atoms with E-state index >= 15 is 0 Å². The van der Waals surface area contributed by atoms with Gasteiger partial charge in [0.25, 0.3) is 0 Å². The Morgan fingerprint density at radius 1 is 0.571 bits per heavy atom. The van der Waals surface area contributed by atoms with E-state index in [4.69, 9.17) is 38.4 Å². The summed E-state index contributed by atoms with van der Waals surface area (Å²) < 4.78 is 31.1. The summed E-state index contributed by atoms with van der Waals surface area (Å²) in [6.45, 7) is 18.3. The van der Waals surface area contributed by atoms with Crippen LogP contribution in [-0.4, -0.2) is 85.3 Å². The average Bonchev–Trinajstić information content (AvgIpc) is 3.04. The van der Waals surface area contributed by atoms with Crippen molar-refractivity contribution in [2.75, 3.05) is 67.1 Å². The Balaban J connectivity index is 2.09. The van der Waals surface area contributed by atoms with Gasteiger partial charge < -0.3 is 39.1 Å². The highest BCUT2D eigenvalue weighted by atomic mass is 16.6. The van der Waals surface area contributed by atoms with E-state index in [0.29, 0.717) is 39.6 Å². The van der Waals surface area contributed by atoms with Crippen molar-refractivity contribution in [2.24, 2.45) is 9.98 Å². The number of nitrogens with one attached hydrogen (secondary N) is 2. The van der Waals surface area contributed by atoms with Gasteiger partial charge in [-0.3, -0.25) is 0 Å². The van der Waals surface area contributed by atoms with Crippen molar-refractivity contribution in [3.05, 3.63) is 70.8 Å². The third kappa shape index (κ3) is 14.3. The first kappa shape index (κ1) is 41.4. The number of carbonyl (C=O) groups is 2. The summed E-state index contributed by atoms with van der Waals surface area (Å²) in [7, 11) is 3.20. The predicted octanol–water partition coefficient (Wildman–Crippen LogP) is 6.28. The molecule has 12 nitrogen and oxygen atoms in total. The van der Waals surface area contributed by atoms with Gasteiger partial charge in [0.2, 0.25) is 0 Å². The van der Waals surface area contributed by atoms with Crippen LogP contribution in [0.3, 0.4) is 0 Å². The minimum absolute atomic E-state index is 0.142. The summed E-state index contributed by atoms with van der Waals surface area (Å²) in [5.41, 5.74) is 0.930. The summed E-state index contributed by atoms with van der Waals surface area (Å²) in [5.74, 6) is 0. The maximum atomic E-state index is 12.5. The number of nitrogens with zero attached hydrogens (tertiary/aromatic N) is 2. The molecule has 0 unspecified atom stereocenters. The highest BCUT2D eigenvalue weighted by Crippen LogP contribution is 2.31. The fourth-order valence-corrected chi connectivity index (χ4v) is 4.58. The molecule has 0 heterocycles. The summed E-state index contributed by atoms with van der Waals surface area (Å²) >= 11 is 0. The van der Waals surface area contributed by atoms with Gasteiger partial charge in [0.05, 0.1) is 67.8 Å². The predicted molar refractivity (Wildman–Crippen MR) is 189 cm³/mol. The molecule has 272 valence electrons. The van der Waals surface area contributed by atoms with Crippen molar-refractivity contribution in [2.45, 2.75) is 77.5 Å². The highest BCUT2D eigenvalue weighted by Gasteiger charge is 2.28. The largest absolute Gasteiger partial charge is 0.447 e. The fourth-order valence-electron chi connectivity index (χ4n) is 4.58. The Labute approximate surface area is 292 Å². The minimum atomic E-state index is -0.706. The zero-order valence-electron chi connectivity index (χ0n) is 30.9. The van der Waals surface area contributed by atoms with Crippen LogP contribution in [0.15, 0.2) is 58.5 Å². The molecule has 0 aliphatic rings. The van der Waals surface area contributed by atoms with Crippen LogP contribution in [0.4, 0.5) is 9.59 Å². The number of ether oxygens (including phenoxy) is 6. The van der Waals surface area contributed by atoms with Gasteiger partial charge in [-0.15, -0.1) is 0 Å². The van der Waals surface area contributed by atoms with E-state index in [1.54, 1.807) is 14.2 Å². The van der Waals surface area contributed by atoms with E-state index in [0.717, 1.165) is 22.3 Å². The number of hydrogen-bond donors (Lipinski definition) is 2. The maximum Gasteiger partial charge on any atom is 0.407 e. The summed E-state index contributed by atoms with van der Waals surface area (Å²) in [4.78, 5) is 34.4. The van der Waals surface area contributed by atoms with Crippen molar-refractivity contribution in [3.63, 3.8) is 0 Å². The summed E-state index contributed by atoms with van der Waals surface area (Å²) in [6.07, 6.45) is -1.06. The number of benzene rings is 2. The molecule has 0 spiro atoms. The number of carbonyl (C=O) groups excluding carboxylic acids is 2. The van der Waals surface area contributed by atoms with Crippen LogP contribution in [0.5, 0.6) is 0 Å². The molecule has 0 aliphatic carbocycles. The maximum absolute atomic E-state index is 12.5. The smallest absolute Gasteiger partial charge is 0.407 e. The van der Waals surface area contributed by atoms with Crippen molar-refractivity contribution >= 4 is 18.2 Å². The van der Waals surface area contributed by atoms with Crippen molar-refractivity contribution in [1.82, 2.24) is 10.6 Å². The number of rotatable bonds is 20. The molecule has 0 atom stereocenters. The van der Waals surface area contributed by atoms with E-state index in [1.165, 1.54) is 0 Å². The number of methoxy groups -OCH3 is 2. The standard InChI is InChI=1S/C37H56N4O8/c1-34(2,28-13-11-15-30(25-28)36(5,6)40-32(42)48-23-21-46-19-17-44-9)38-27-39-35(3,4)29-14-12-16-31(26-29)37(7,8)41-33(43)49-24-22-47-20-18-45-10/h11-16,25-26H,17-24H2,1-10H3,(H,40,42)(H,41,43). The van der Waals surface area contributed by atoms with Gasteiger partial charge in [-0.05, 0) is 77.6 Å². The summed E-state index contributed by atoms with van der Waals surface area (Å²) in [5, 5.41) is 5.86. The first-order valence-electron chi connectivity index (χ1n) is 16.5. The lowest BCUT2D eigenvalue weighted by molar-refractivity contribution is 0.0405. The van der Waals surface area contributed by atoms with Crippen LogP contribution in [-0.2, 0) is 50.6 Å². The third-order valence-corrected chi connectivity index (χ3v) is 7.85. The Kier molecular flexibility index (Phi) is 16.4. The SMILES string of the molecule is COCCOCCOC(=O)NC(C)(C)c1cccc(C(C)(C)N=C=NC(C)(C)c2cccc(C(C)(C)NC(=O)OCCOCCOC)c2)c1. The normalized spacial score (nSPS) is 12.1. The topological polar surface area (TPSA) is 138 Å². The molecule has 0 radical (unpaired) electrons. The fraction of sp³-hybridized carbons (Fsp3) is 0.595. The lowest BCUT2D eigenvalue weighted by Crippen LogP contribution is -2.41. The van der Waals surface area contributed by atoms with Crippen LogP contribution < -0.4 is 10.6 Å². The molecule has 0 aliphatic heterocycles.